The molecule has 1 aliphatic rings. The van der Waals surface area contributed by atoms with Crippen molar-refractivity contribution in [3.05, 3.63) is 0 Å². The summed E-state index contributed by atoms with van der Waals surface area (Å²) in [7, 11) is 1.11. The second-order valence-electron chi connectivity index (χ2n) is 4.73. The minimum Gasteiger partial charge on any atom is -0.377 e. The molecule has 0 aromatic carbocycles. The Morgan fingerprint density at radius 3 is 2.12 bits per heavy atom. The maximum absolute atomic E-state index is 6.34. The van der Waals surface area contributed by atoms with E-state index in [0.29, 0.717) is 0 Å². The van der Waals surface area contributed by atoms with Crippen LogP contribution in [0.15, 0.2) is 0 Å². The van der Waals surface area contributed by atoms with Crippen LogP contribution in [0.25, 0.3) is 0 Å². The molecule has 1 aliphatic heterocycles. The molecule has 0 aromatic heterocycles. The summed E-state index contributed by atoms with van der Waals surface area (Å²) in [6.45, 7) is 4.44. The molecule has 0 aromatic rings. The zero-order valence-corrected chi connectivity index (χ0v) is 12.2. The van der Waals surface area contributed by atoms with Crippen molar-refractivity contribution in [3.63, 3.8) is 0 Å². The van der Waals surface area contributed by atoms with Gasteiger partial charge in [0.1, 0.15) is 0 Å². The first-order chi connectivity index (χ1) is 7.66. The van der Waals surface area contributed by atoms with Gasteiger partial charge in [-0.25, -0.2) is 0 Å². The number of hydrogen-bond acceptors (Lipinski definition) is 3. The summed E-state index contributed by atoms with van der Waals surface area (Å²) in [5, 5.41) is 0. The molecule has 1 heterocycles. The maximum atomic E-state index is 6.34. The predicted molar refractivity (Wildman–Crippen MR) is 67.4 cm³/mol. The van der Waals surface area contributed by atoms with Crippen LogP contribution in [0.4, 0.5) is 0 Å². The Kier molecular flexibility index (Phi) is 5.44. The van der Waals surface area contributed by atoms with Crippen molar-refractivity contribution >= 4 is 8.80 Å². The van der Waals surface area contributed by atoms with Crippen molar-refractivity contribution in [3.8, 4) is 0 Å². The molecule has 16 heavy (non-hydrogen) atoms. The van der Waals surface area contributed by atoms with Crippen molar-refractivity contribution in [2.24, 2.45) is 0 Å². The van der Waals surface area contributed by atoms with E-state index < -0.39 is 8.80 Å². The molecule has 4 heteroatoms. The second-order valence-corrected chi connectivity index (χ2v) is 7.62. The van der Waals surface area contributed by atoms with Crippen molar-refractivity contribution in [2.45, 2.75) is 64.0 Å². The number of rotatable bonds is 6. The molecule has 0 aliphatic carbocycles. The van der Waals surface area contributed by atoms with Gasteiger partial charge in [0.2, 0.25) is 0 Å². The predicted octanol–water partition coefficient (Wildman–Crippen LogP) is 3.37. The maximum Gasteiger partial charge on any atom is 0.500 e. The fourth-order valence-corrected chi connectivity index (χ4v) is 5.24. The molecule has 0 unspecified atom stereocenters. The Morgan fingerprint density at radius 2 is 1.69 bits per heavy atom. The standard InChI is InChI=1S/C12H26O3Si/c1-5-8-12(9-6-2)10-7-11-16(13-3,14-4)15-12/h5-11H2,1-4H3. The van der Waals surface area contributed by atoms with Crippen LogP contribution >= 0.6 is 0 Å². The molecule has 0 N–H and O–H groups in total. The highest BCUT2D eigenvalue weighted by Crippen LogP contribution is 2.40. The monoisotopic (exact) mass is 246 g/mol. The quantitative estimate of drug-likeness (QED) is 0.673. The van der Waals surface area contributed by atoms with Gasteiger partial charge in [-0.05, 0) is 25.7 Å². The van der Waals surface area contributed by atoms with E-state index >= 15 is 0 Å². The van der Waals surface area contributed by atoms with Crippen LogP contribution in [0.3, 0.4) is 0 Å². The van der Waals surface area contributed by atoms with E-state index in [4.69, 9.17) is 13.3 Å². The molecule has 96 valence electrons. The van der Waals surface area contributed by atoms with Gasteiger partial charge >= 0.3 is 8.80 Å². The molecule has 0 atom stereocenters. The Hall–Kier alpha value is 0.0969. The van der Waals surface area contributed by atoms with Crippen LogP contribution in [0.1, 0.15) is 52.4 Å². The largest absolute Gasteiger partial charge is 0.500 e. The fraction of sp³-hybridized carbons (Fsp3) is 1.00. The SMILES string of the molecule is CCCC1(CCC)CCC[Si](OC)(OC)O1. The molecular formula is C12H26O3Si. The Balaban J connectivity index is 2.77. The van der Waals surface area contributed by atoms with Gasteiger partial charge < -0.3 is 13.3 Å². The Morgan fingerprint density at radius 1 is 1.12 bits per heavy atom. The third-order valence-corrected chi connectivity index (χ3v) is 6.47. The van der Waals surface area contributed by atoms with Gasteiger partial charge in [-0.3, -0.25) is 0 Å². The Bertz CT molecular complexity index is 193. The lowest BCUT2D eigenvalue weighted by Crippen LogP contribution is -2.55. The lowest BCUT2D eigenvalue weighted by Gasteiger charge is -2.44. The molecule has 1 rings (SSSR count). The normalized spacial score (nSPS) is 23.2. The van der Waals surface area contributed by atoms with Gasteiger partial charge in [0.25, 0.3) is 0 Å². The van der Waals surface area contributed by atoms with E-state index in [9.17, 15) is 0 Å². The summed E-state index contributed by atoms with van der Waals surface area (Å²) in [5.41, 5.74) is 0.0278. The lowest BCUT2D eigenvalue weighted by atomic mass is 9.88. The zero-order valence-electron chi connectivity index (χ0n) is 11.2. The van der Waals surface area contributed by atoms with Crippen molar-refractivity contribution < 1.29 is 13.3 Å². The van der Waals surface area contributed by atoms with Gasteiger partial charge in [0.15, 0.2) is 0 Å². The molecule has 3 nitrogen and oxygen atoms in total. The highest BCUT2D eigenvalue weighted by atomic mass is 28.4. The molecule has 0 spiro atoms. The molecule has 0 bridgehead atoms. The summed E-state index contributed by atoms with van der Waals surface area (Å²) in [5.74, 6) is 0. The summed E-state index contributed by atoms with van der Waals surface area (Å²) in [6, 6.07) is 0.967. The minimum absolute atomic E-state index is 0.0278. The average Bonchev–Trinajstić information content (AvgIpc) is 2.30. The fourth-order valence-electron chi connectivity index (χ4n) is 2.82. The topological polar surface area (TPSA) is 27.7 Å². The third kappa shape index (κ3) is 3.06. The van der Waals surface area contributed by atoms with Crippen molar-refractivity contribution in [2.75, 3.05) is 14.2 Å². The lowest BCUT2D eigenvalue weighted by molar-refractivity contribution is -0.0515. The van der Waals surface area contributed by atoms with Crippen LogP contribution in [-0.2, 0) is 13.3 Å². The summed E-state index contributed by atoms with van der Waals surface area (Å²) in [4.78, 5) is 0. The average molecular weight is 246 g/mol. The van der Waals surface area contributed by atoms with Crippen molar-refractivity contribution in [1.29, 1.82) is 0 Å². The van der Waals surface area contributed by atoms with Crippen LogP contribution in [0.2, 0.25) is 6.04 Å². The molecule has 0 amide bonds. The summed E-state index contributed by atoms with van der Waals surface area (Å²) < 4.78 is 17.5. The van der Waals surface area contributed by atoms with E-state index in [-0.39, 0.29) is 5.60 Å². The van der Waals surface area contributed by atoms with E-state index in [1.807, 2.05) is 0 Å². The van der Waals surface area contributed by atoms with E-state index in [1.165, 1.54) is 6.42 Å². The molecule has 0 saturated carbocycles. The first kappa shape index (κ1) is 14.2. The summed E-state index contributed by atoms with van der Waals surface area (Å²) >= 11 is 0. The van der Waals surface area contributed by atoms with Crippen LogP contribution in [0, 0.1) is 0 Å². The van der Waals surface area contributed by atoms with Gasteiger partial charge in [0, 0.05) is 20.3 Å². The number of hydrogen-bond donors (Lipinski definition) is 0. The molecule has 0 radical (unpaired) electrons. The van der Waals surface area contributed by atoms with Gasteiger partial charge in [-0.1, -0.05) is 26.7 Å². The second kappa shape index (κ2) is 6.14. The molecule has 1 fully saturated rings. The first-order valence-electron chi connectivity index (χ1n) is 6.46. The van der Waals surface area contributed by atoms with Crippen LogP contribution in [-0.4, -0.2) is 28.6 Å². The van der Waals surface area contributed by atoms with Gasteiger partial charge in [0.05, 0.1) is 5.60 Å². The highest BCUT2D eigenvalue weighted by Gasteiger charge is 2.49. The van der Waals surface area contributed by atoms with Crippen molar-refractivity contribution in [1.82, 2.24) is 0 Å². The van der Waals surface area contributed by atoms with E-state index in [2.05, 4.69) is 13.8 Å². The third-order valence-electron chi connectivity index (χ3n) is 3.52. The smallest absolute Gasteiger partial charge is 0.377 e. The summed E-state index contributed by atoms with van der Waals surface area (Å²) in [6.07, 6.45) is 6.92. The van der Waals surface area contributed by atoms with Gasteiger partial charge in [-0.15, -0.1) is 0 Å². The highest BCUT2D eigenvalue weighted by molar-refractivity contribution is 6.60. The molecule has 1 saturated heterocycles. The zero-order chi connectivity index (χ0) is 12.1. The molecular weight excluding hydrogens is 220 g/mol. The minimum atomic E-state index is -2.34. The van der Waals surface area contributed by atoms with Gasteiger partial charge in [-0.2, -0.15) is 0 Å². The Labute approximate surface area is 101 Å². The first-order valence-corrected chi connectivity index (χ1v) is 8.39. The van der Waals surface area contributed by atoms with Crippen LogP contribution in [0.5, 0.6) is 0 Å². The van der Waals surface area contributed by atoms with E-state index in [0.717, 1.165) is 38.1 Å². The van der Waals surface area contributed by atoms with Crippen LogP contribution < -0.4 is 0 Å². The van der Waals surface area contributed by atoms with E-state index in [1.54, 1.807) is 14.2 Å².